The van der Waals surface area contributed by atoms with Crippen LogP contribution in [0, 0.1) is 0 Å². The molecule has 0 saturated carbocycles. The van der Waals surface area contributed by atoms with Gasteiger partial charge < -0.3 is 14.7 Å². The number of rotatable bonds is 8. The summed E-state index contributed by atoms with van der Waals surface area (Å²) in [5.74, 6) is 0. The Morgan fingerprint density at radius 3 is 0.738 bits per heavy atom. The van der Waals surface area contributed by atoms with Crippen LogP contribution in [0.15, 0.2) is 461 Å². The Bertz CT molecular complexity index is 9670. The minimum atomic E-state index is 0. The number of aryl methyl sites for hydroxylation is 4. The van der Waals surface area contributed by atoms with Crippen molar-refractivity contribution in [1.29, 1.82) is 0 Å². The van der Waals surface area contributed by atoms with Crippen molar-refractivity contribution in [3.05, 3.63) is 483 Å². The standard InChI is InChI=1S/C70H39N.C52H33N.C15H15N.CH4/c1-4-14-42(15-5-1)61-67-55-36-32-51-47-24-10-16-40-18-12-26-49(59(40)47)53-34-38-57(65(55)63(51)53)69(67)62(43-28-30-46(31-29-43)71(44-20-6-2-7-21-44)45-22-8-3-9-23-45)70-58-39-35-54-50-27-13-19-41-17-11-25-48(60(41)50)52-33-37-56(68(61)70)66(58)64(52)54;1-3-16-35(17-4-1)46-49-38-23-11-20-34-21-12-24-39(45(34)38)50(49)47(36-18-5-2-6-19-36)52-41-30-31-44(37-22-13-25-40(48(37)41)51(46)52)53-42-26-9-7-14-32(42)28-29-33-15-8-10-27-43(33)53;1-16-14-8-4-2-6-12(14)10-11-13-7-3-5-9-15(13)16;/h1-39H;1-27,30-31H,28-29H2;2-9H,10-11H2,1H3;1H4. The molecule has 0 amide bonds. The Morgan fingerprint density at radius 1 is 0.156 bits per heavy atom. The van der Waals surface area contributed by atoms with Gasteiger partial charge in [-0.15, -0.1) is 0 Å². The Morgan fingerprint density at radius 2 is 0.383 bits per heavy atom. The molecule has 2 aliphatic rings. The van der Waals surface area contributed by atoms with Crippen molar-refractivity contribution in [2.45, 2.75) is 33.1 Å². The predicted octanol–water partition coefficient (Wildman–Crippen LogP) is 38.7. The molecular weight excluding hydrogens is 1700 g/mol. The summed E-state index contributed by atoms with van der Waals surface area (Å²) >= 11 is 0. The van der Waals surface area contributed by atoms with Gasteiger partial charge in [-0.1, -0.05) is 402 Å². The van der Waals surface area contributed by atoms with Crippen molar-refractivity contribution >= 4 is 239 Å². The van der Waals surface area contributed by atoms with E-state index in [1.807, 2.05) is 0 Å². The van der Waals surface area contributed by atoms with Gasteiger partial charge in [0.25, 0.3) is 0 Å². The molecule has 0 unspecified atom stereocenters. The Kier molecular flexibility index (Phi) is 17.9. The first kappa shape index (κ1) is 80.5. The lowest BCUT2D eigenvalue weighted by molar-refractivity contribution is 0.977. The lowest BCUT2D eigenvalue weighted by atomic mass is 9.87. The number of hydrogen-bond donors (Lipinski definition) is 0. The number of fused-ring (bicyclic) bond motifs is 20. The van der Waals surface area contributed by atoms with E-state index in [0.29, 0.717) is 0 Å². The molecule has 141 heavy (non-hydrogen) atoms. The summed E-state index contributed by atoms with van der Waals surface area (Å²) in [4.78, 5) is 7.21. The van der Waals surface area contributed by atoms with Crippen molar-refractivity contribution in [2.24, 2.45) is 0 Å². The maximum Gasteiger partial charge on any atom is 0.0540 e. The maximum absolute atomic E-state index is 2.54. The molecule has 30 aromatic carbocycles. The molecule has 0 bridgehead atoms. The van der Waals surface area contributed by atoms with Crippen LogP contribution in [0.3, 0.4) is 0 Å². The van der Waals surface area contributed by atoms with Gasteiger partial charge in [0.2, 0.25) is 0 Å². The Hall–Kier alpha value is -17.8. The minimum Gasteiger partial charge on any atom is -0.344 e. The second-order valence-electron chi connectivity index (χ2n) is 38.7. The fraction of sp³-hybridized carbons (Fsp3) is 0.0435. The van der Waals surface area contributed by atoms with E-state index in [1.54, 1.807) is 0 Å². The summed E-state index contributed by atoms with van der Waals surface area (Å²) in [5, 5.41) is 47.7. The third kappa shape index (κ3) is 11.7. The third-order valence-electron chi connectivity index (χ3n) is 31.7. The molecule has 0 N–H and O–H groups in total. The molecule has 0 radical (unpaired) electrons. The average molecular weight is 1790 g/mol. The van der Waals surface area contributed by atoms with Gasteiger partial charge in [-0.3, -0.25) is 0 Å². The zero-order valence-electron chi connectivity index (χ0n) is 77.0. The quantitative estimate of drug-likeness (QED) is 0.111. The van der Waals surface area contributed by atoms with Crippen LogP contribution in [0.1, 0.15) is 29.7 Å². The van der Waals surface area contributed by atoms with Crippen molar-refractivity contribution in [3.63, 3.8) is 0 Å². The summed E-state index contributed by atoms with van der Waals surface area (Å²) in [5.41, 5.74) is 25.7. The first-order valence-electron chi connectivity index (χ1n) is 49.3. The van der Waals surface area contributed by atoms with Gasteiger partial charge in [-0.2, -0.15) is 0 Å². The first-order valence-corrected chi connectivity index (χ1v) is 49.3. The lowest BCUT2D eigenvalue weighted by Gasteiger charge is -2.28. The Labute approximate surface area is 816 Å². The van der Waals surface area contributed by atoms with E-state index in [4.69, 9.17) is 0 Å². The third-order valence-corrected chi connectivity index (χ3v) is 31.7. The van der Waals surface area contributed by atoms with Gasteiger partial charge in [0.05, 0.1) is 5.69 Å². The second kappa shape index (κ2) is 31.4. The fourth-order valence-electron chi connectivity index (χ4n) is 26.1. The molecule has 32 rings (SSSR count). The number of hydrogen-bond acceptors (Lipinski definition) is 3. The highest BCUT2D eigenvalue weighted by Crippen LogP contribution is 2.62. The highest BCUT2D eigenvalue weighted by molar-refractivity contribution is 6.53. The molecule has 3 heteroatoms. The number of para-hydroxylation sites is 6. The summed E-state index contributed by atoms with van der Waals surface area (Å²) in [7, 11) is 2.16. The average Bonchev–Trinajstić information content (AvgIpc) is 1.51. The largest absolute Gasteiger partial charge is 0.344 e. The van der Waals surface area contributed by atoms with E-state index in [2.05, 4.69) is 483 Å². The predicted molar refractivity (Wildman–Crippen MR) is 609 cm³/mol. The van der Waals surface area contributed by atoms with Crippen molar-refractivity contribution in [2.75, 3.05) is 21.7 Å². The molecule has 2 aliphatic heterocycles. The molecule has 2 heterocycles. The number of anilines is 8. The van der Waals surface area contributed by atoms with Gasteiger partial charge in [0.15, 0.2) is 0 Å². The van der Waals surface area contributed by atoms with Crippen LogP contribution in [-0.2, 0) is 25.7 Å². The smallest absolute Gasteiger partial charge is 0.0540 e. The highest BCUT2D eigenvalue weighted by Gasteiger charge is 2.35. The normalized spacial score (nSPS) is 12.8. The van der Waals surface area contributed by atoms with E-state index < -0.39 is 0 Å². The van der Waals surface area contributed by atoms with E-state index in [0.717, 1.165) is 42.7 Å². The van der Waals surface area contributed by atoms with Crippen LogP contribution >= 0.6 is 0 Å². The molecule has 0 atom stereocenters. The van der Waals surface area contributed by atoms with Crippen LogP contribution in [-0.4, -0.2) is 7.05 Å². The monoisotopic (exact) mass is 1790 g/mol. The summed E-state index contributed by atoms with van der Waals surface area (Å²) in [6.45, 7) is 0. The van der Waals surface area contributed by atoms with Gasteiger partial charge in [-0.05, 0) is 348 Å². The van der Waals surface area contributed by atoms with Crippen LogP contribution in [0.5, 0.6) is 0 Å². The first-order chi connectivity index (χ1) is 69.5. The van der Waals surface area contributed by atoms with Crippen molar-refractivity contribution in [1.82, 2.24) is 0 Å². The van der Waals surface area contributed by atoms with Crippen molar-refractivity contribution in [3.8, 4) is 44.5 Å². The molecule has 3 nitrogen and oxygen atoms in total. The van der Waals surface area contributed by atoms with Gasteiger partial charge in [-0.25, -0.2) is 0 Å². The second-order valence-corrected chi connectivity index (χ2v) is 38.7. The molecule has 0 spiro atoms. The molecule has 0 aliphatic carbocycles. The van der Waals surface area contributed by atoms with Crippen molar-refractivity contribution < 1.29 is 0 Å². The van der Waals surface area contributed by atoms with Crippen LogP contribution in [0.25, 0.3) is 238 Å². The zero-order chi connectivity index (χ0) is 91.6. The highest BCUT2D eigenvalue weighted by atomic mass is 15.2. The Balaban J connectivity index is 0.000000119. The van der Waals surface area contributed by atoms with Crippen LogP contribution < -0.4 is 14.7 Å². The summed E-state index contributed by atoms with van der Waals surface area (Å²) in [6.07, 6.45) is 4.32. The number of benzene rings is 26. The SMILES string of the molecule is C.CN1c2ccccc2CCc2ccccc21.c1ccc(-c2c3c4ccc5c6cccc7cccc(c8ccc(c3c(-c3ccc(N(c9ccccc9)c9ccccc9)cc3)c3c9ccc%10c%11cccc%12cccc(c%13ccc(c23)c9c%13%10)c%12%11)c4c58)c76)cc1.c1ccc(-c2c3c4cccc5cccc(c3c(-c3ccccc3)c3c6ccc(N7c8ccccc8CCc8ccccc87)c7cccc(c23)c76)c54)cc1. The van der Waals surface area contributed by atoms with E-state index >= 15 is 0 Å². The molecule has 0 fully saturated rings. The molecular formula is C138H91N3. The van der Waals surface area contributed by atoms with Gasteiger partial charge >= 0.3 is 0 Å². The minimum absolute atomic E-state index is 0. The zero-order valence-corrected chi connectivity index (χ0v) is 77.0. The molecule has 658 valence electrons. The molecule has 0 aromatic heterocycles. The van der Waals surface area contributed by atoms with E-state index in [1.165, 1.54) is 289 Å². The van der Waals surface area contributed by atoms with E-state index in [9.17, 15) is 0 Å². The van der Waals surface area contributed by atoms with Crippen LogP contribution in [0.4, 0.5) is 45.5 Å². The summed E-state index contributed by atoms with van der Waals surface area (Å²) in [6, 6.07) is 172. The maximum atomic E-state index is 2.54. The van der Waals surface area contributed by atoms with E-state index in [-0.39, 0.29) is 7.43 Å². The van der Waals surface area contributed by atoms with Gasteiger partial charge in [0, 0.05) is 52.2 Å². The topological polar surface area (TPSA) is 9.72 Å². The molecule has 30 aromatic rings. The van der Waals surface area contributed by atoms with Crippen LogP contribution in [0.2, 0.25) is 0 Å². The number of nitrogens with zero attached hydrogens (tertiary/aromatic N) is 3. The van der Waals surface area contributed by atoms with Gasteiger partial charge in [0.1, 0.15) is 0 Å². The lowest BCUT2D eigenvalue weighted by Crippen LogP contribution is -2.12. The molecule has 0 saturated heterocycles. The summed E-state index contributed by atoms with van der Waals surface area (Å²) < 4.78 is 0. The fourth-order valence-corrected chi connectivity index (χ4v) is 26.1.